The number of carbonyl (C=O) groups excluding carboxylic acids is 2. The van der Waals surface area contributed by atoms with Crippen molar-refractivity contribution >= 4 is 11.8 Å². The van der Waals surface area contributed by atoms with Crippen LogP contribution in [0.4, 0.5) is 8.78 Å². The molecule has 5 nitrogen and oxygen atoms in total. The van der Waals surface area contributed by atoms with Gasteiger partial charge < -0.3 is 15.5 Å². The Balaban J connectivity index is 1.57. The van der Waals surface area contributed by atoms with Crippen LogP contribution in [-0.4, -0.2) is 45.0 Å². The molecule has 0 saturated carbocycles. The molecule has 0 bridgehead atoms. The lowest BCUT2D eigenvalue weighted by Crippen LogP contribution is -3.09. The van der Waals surface area contributed by atoms with Gasteiger partial charge in [-0.3, -0.25) is 9.59 Å². The molecule has 0 atom stereocenters. The first-order valence-electron chi connectivity index (χ1n) is 9.36. The first kappa shape index (κ1) is 21.5. The lowest BCUT2D eigenvalue weighted by Gasteiger charge is -2.14. The van der Waals surface area contributed by atoms with Crippen molar-refractivity contribution in [1.29, 1.82) is 0 Å². The van der Waals surface area contributed by atoms with Gasteiger partial charge in [0.25, 0.3) is 11.8 Å². The molecule has 2 rings (SSSR count). The molecule has 0 aliphatic rings. The Labute approximate surface area is 163 Å². The summed E-state index contributed by atoms with van der Waals surface area (Å²) in [6.45, 7) is 2.60. The second-order valence-electron chi connectivity index (χ2n) is 6.64. The van der Waals surface area contributed by atoms with Crippen LogP contribution in [0.15, 0.2) is 48.5 Å². The lowest BCUT2D eigenvalue weighted by atomic mass is 10.2. The third-order valence-electron chi connectivity index (χ3n) is 4.37. The van der Waals surface area contributed by atoms with Gasteiger partial charge in [-0.05, 0) is 24.3 Å². The number of hydrogen-bond donors (Lipinski definition) is 3. The van der Waals surface area contributed by atoms with E-state index in [-0.39, 0.29) is 11.1 Å². The van der Waals surface area contributed by atoms with E-state index in [2.05, 4.69) is 10.6 Å². The molecule has 2 aromatic carbocycles. The quantitative estimate of drug-likeness (QED) is 0.538. The highest BCUT2D eigenvalue weighted by Crippen LogP contribution is 2.06. The Hall–Kier alpha value is -2.80. The summed E-state index contributed by atoms with van der Waals surface area (Å²) in [7, 11) is 2.03. The van der Waals surface area contributed by atoms with Crippen LogP contribution in [0.5, 0.6) is 0 Å². The monoisotopic (exact) mass is 390 g/mol. The van der Waals surface area contributed by atoms with Crippen LogP contribution in [0.3, 0.4) is 0 Å². The van der Waals surface area contributed by atoms with Crippen molar-refractivity contribution in [3.63, 3.8) is 0 Å². The predicted molar refractivity (Wildman–Crippen MR) is 103 cm³/mol. The van der Waals surface area contributed by atoms with Crippen LogP contribution in [-0.2, 0) is 0 Å². The number of halogens is 2. The molecule has 3 N–H and O–H groups in total. The average Bonchev–Trinajstić information content (AvgIpc) is 2.69. The van der Waals surface area contributed by atoms with E-state index in [9.17, 15) is 18.4 Å². The lowest BCUT2D eigenvalue weighted by molar-refractivity contribution is -0.879. The minimum atomic E-state index is -0.528. The topological polar surface area (TPSA) is 62.6 Å². The van der Waals surface area contributed by atoms with Crippen LogP contribution in [0, 0.1) is 11.6 Å². The Morgan fingerprint density at radius 2 is 1.18 bits per heavy atom. The number of amides is 2. The summed E-state index contributed by atoms with van der Waals surface area (Å²) in [5.41, 5.74) is 0.0996. The molecule has 0 heterocycles. The molecule has 0 aromatic heterocycles. The maximum Gasteiger partial charge on any atom is 0.254 e. The summed E-state index contributed by atoms with van der Waals surface area (Å²) >= 11 is 0. The van der Waals surface area contributed by atoms with Crippen molar-refractivity contribution in [2.75, 3.05) is 33.2 Å². The SMILES string of the molecule is C[NH+](CCCNC(=O)c1ccccc1F)CCCNC(=O)c1ccccc1F. The first-order chi connectivity index (χ1) is 13.5. The molecule has 28 heavy (non-hydrogen) atoms. The summed E-state index contributed by atoms with van der Waals surface area (Å²) in [5, 5.41) is 5.43. The van der Waals surface area contributed by atoms with Crippen molar-refractivity contribution in [2.24, 2.45) is 0 Å². The fraction of sp³-hybridized carbons (Fsp3) is 0.333. The van der Waals surface area contributed by atoms with Crippen molar-refractivity contribution in [2.45, 2.75) is 12.8 Å². The Morgan fingerprint density at radius 1 is 0.786 bits per heavy atom. The maximum absolute atomic E-state index is 13.5. The van der Waals surface area contributed by atoms with E-state index < -0.39 is 23.4 Å². The first-order valence-corrected chi connectivity index (χ1v) is 9.36. The number of carbonyl (C=O) groups is 2. The van der Waals surface area contributed by atoms with Gasteiger partial charge in [0.1, 0.15) is 11.6 Å². The molecule has 0 radical (unpaired) electrons. The maximum atomic E-state index is 13.5. The Morgan fingerprint density at radius 3 is 1.57 bits per heavy atom. The van der Waals surface area contributed by atoms with Crippen molar-refractivity contribution < 1.29 is 23.3 Å². The van der Waals surface area contributed by atoms with Crippen LogP contribution >= 0.6 is 0 Å². The van der Waals surface area contributed by atoms with Crippen LogP contribution < -0.4 is 15.5 Å². The minimum absolute atomic E-state index is 0.0498. The van der Waals surface area contributed by atoms with E-state index in [1.807, 2.05) is 7.05 Å². The summed E-state index contributed by atoms with van der Waals surface area (Å²) in [5.74, 6) is -1.88. The third kappa shape index (κ3) is 6.74. The van der Waals surface area contributed by atoms with Gasteiger partial charge in [0.05, 0.1) is 31.3 Å². The zero-order valence-electron chi connectivity index (χ0n) is 15.9. The molecule has 0 aliphatic heterocycles. The second-order valence-corrected chi connectivity index (χ2v) is 6.64. The molecule has 0 aliphatic carbocycles. The summed E-state index contributed by atoms with van der Waals surface area (Å²) in [4.78, 5) is 25.1. The molecule has 7 heteroatoms. The van der Waals surface area contributed by atoms with Gasteiger partial charge in [-0.1, -0.05) is 24.3 Å². The van der Waals surface area contributed by atoms with E-state index in [1.54, 1.807) is 24.3 Å². The van der Waals surface area contributed by atoms with E-state index >= 15 is 0 Å². The second kappa shape index (κ2) is 11.1. The third-order valence-corrected chi connectivity index (χ3v) is 4.37. The van der Waals surface area contributed by atoms with E-state index in [0.717, 1.165) is 25.9 Å². The molecule has 2 aromatic rings. The number of rotatable bonds is 10. The van der Waals surface area contributed by atoms with Crippen molar-refractivity contribution in [3.05, 3.63) is 71.3 Å². The molecule has 0 fully saturated rings. The van der Waals surface area contributed by atoms with Crippen molar-refractivity contribution in [3.8, 4) is 0 Å². The van der Waals surface area contributed by atoms with Crippen LogP contribution in [0.1, 0.15) is 33.6 Å². The van der Waals surface area contributed by atoms with Gasteiger partial charge in [0, 0.05) is 25.9 Å². The van der Waals surface area contributed by atoms with E-state index in [0.29, 0.717) is 13.1 Å². The largest absolute Gasteiger partial charge is 0.352 e. The smallest absolute Gasteiger partial charge is 0.254 e. The summed E-state index contributed by atoms with van der Waals surface area (Å²) in [6, 6.07) is 11.8. The average molecular weight is 390 g/mol. The van der Waals surface area contributed by atoms with Gasteiger partial charge in [-0.25, -0.2) is 8.78 Å². The molecule has 0 spiro atoms. The molecule has 0 saturated heterocycles. The number of hydrogen-bond acceptors (Lipinski definition) is 2. The van der Waals surface area contributed by atoms with Gasteiger partial charge in [-0.2, -0.15) is 0 Å². The molecule has 0 unspecified atom stereocenters. The van der Waals surface area contributed by atoms with Gasteiger partial charge in [0.15, 0.2) is 0 Å². The molecule has 2 amide bonds. The summed E-state index contributed by atoms with van der Waals surface area (Å²) < 4.78 is 27.0. The van der Waals surface area contributed by atoms with E-state index in [4.69, 9.17) is 0 Å². The number of nitrogens with one attached hydrogen (secondary N) is 3. The van der Waals surface area contributed by atoms with Crippen molar-refractivity contribution in [1.82, 2.24) is 10.6 Å². The predicted octanol–water partition coefficient (Wildman–Crippen LogP) is 1.42. The van der Waals surface area contributed by atoms with Crippen LogP contribution in [0.25, 0.3) is 0 Å². The standard InChI is InChI=1S/C21H25F2N3O2/c1-26(14-6-12-24-20(27)16-8-2-4-10-18(16)22)15-7-13-25-21(28)17-9-3-5-11-19(17)23/h2-5,8-11H,6-7,12-15H2,1H3,(H,24,27)(H,25,28)/p+1. The number of benzene rings is 2. The molecular weight excluding hydrogens is 364 g/mol. The number of quaternary nitrogens is 1. The zero-order chi connectivity index (χ0) is 20.4. The van der Waals surface area contributed by atoms with Gasteiger partial charge >= 0.3 is 0 Å². The van der Waals surface area contributed by atoms with Gasteiger partial charge in [-0.15, -0.1) is 0 Å². The fourth-order valence-electron chi connectivity index (χ4n) is 2.79. The zero-order valence-corrected chi connectivity index (χ0v) is 15.9. The highest BCUT2D eigenvalue weighted by Gasteiger charge is 2.11. The minimum Gasteiger partial charge on any atom is -0.352 e. The fourth-order valence-corrected chi connectivity index (χ4v) is 2.79. The highest BCUT2D eigenvalue weighted by atomic mass is 19.1. The Kier molecular flexibility index (Phi) is 8.55. The normalized spacial score (nSPS) is 10.7. The van der Waals surface area contributed by atoms with E-state index in [1.165, 1.54) is 29.2 Å². The highest BCUT2D eigenvalue weighted by molar-refractivity contribution is 5.94. The van der Waals surface area contributed by atoms with Crippen LogP contribution in [0.2, 0.25) is 0 Å². The molecule has 150 valence electrons. The Bertz CT molecular complexity index is 733. The molecular formula is C21H26F2N3O2+. The van der Waals surface area contributed by atoms with Gasteiger partial charge in [0.2, 0.25) is 0 Å². The summed E-state index contributed by atoms with van der Waals surface area (Å²) in [6.07, 6.45) is 1.52.